The van der Waals surface area contributed by atoms with Gasteiger partial charge in [-0.3, -0.25) is 19.4 Å². The molecule has 7 nitrogen and oxygen atoms in total. The molecule has 30 heavy (non-hydrogen) atoms. The number of fused-ring (bicyclic) bond motifs is 1. The summed E-state index contributed by atoms with van der Waals surface area (Å²) in [7, 11) is 0. The lowest BCUT2D eigenvalue weighted by Gasteiger charge is -2.15. The SMILES string of the molecule is CCNC(=O)Cc1nccc2nn(C(C)c3cc(C)c(OCC(F)(F)F)cn3)cc12. The number of hydrogen-bond acceptors (Lipinski definition) is 5. The zero-order valence-corrected chi connectivity index (χ0v) is 16.8. The van der Waals surface area contributed by atoms with E-state index in [1.54, 1.807) is 36.1 Å². The number of amides is 1. The van der Waals surface area contributed by atoms with Crippen LogP contribution in [0.15, 0.2) is 30.7 Å². The third-order valence-corrected chi connectivity index (χ3v) is 4.54. The molecule has 3 heterocycles. The van der Waals surface area contributed by atoms with Gasteiger partial charge in [0.05, 0.1) is 35.6 Å². The van der Waals surface area contributed by atoms with Crippen molar-refractivity contribution in [3.8, 4) is 5.75 Å². The number of ether oxygens (including phenoxy) is 1. The monoisotopic (exact) mass is 421 g/mol. The Kier molecular flexibility index (Phi) is 6.23. The maximum absolute atomic E-state index is 12.4. The van der Waals surface area contributed by atoms with Crippen LogP contribution in [0.4, 0.5) is 13.2 Å². The van der Waals surface area contributed by atoms with E-state index in [0.717, 1.165) is 5.39 Å². The van der Waals surface area contributed by atoms with E-state index in [9.17, 15) is 18.0 Å². The molecule has 3 aromatic rings. The molecule has 1 unspecified atom stereocenters. The van der Waals surface area contributed by atoms with Gasteiger partial charge in [-0.25, -0.2) is 0 Å². The molecule has 3 rings (SSSR count). The van der Waals surface area contributed by atoms with Crippen LogP contribution in [0.1, 0.15) is 36.8 Å². The highest BCUT2D eigenvalue weighted by Crippen LogP contribution is 2.26. The minimum Gasteiger partial charge on any atom is -0.482 e. The number of pyridine rings is 2. The predicted octanol–water partition coefficient (Wildman–Crippen LogP) is 3.36. The summed E-state index contributed by atoms with van der Waals surface area (Å²) in [5.41, 5.74) is 2.49. The summed E-state index contributed by atoms with van der Waals surface area (Å²) in [6.07, 6.45) is 0.431. The van der Waals surface area contributed by atoms with Crippen LogP contribution in [0, 0.1) is 6.92 Å². The number of aryl methyl sites for hydroxylation is 1. The van der Waals surface area contributed by atoms with Gasteiger partial charge in [-0.05, 0) is 38.5 Å². The Bertz CT molecular complexity index is 1050. The number of carbonyl (C=O) groups is 1. The van der Waals surface area contributed by atoms with Crippen LogP contribution in [0.2, 0.25) is 0 Å². The Morgan fingerprint density at radius 2 is 2.10 bits per heavy atom. The molecule has 1 amide bonds. The molecule has 10 heteroatoms. The van der Waals surface area contributed by atoms with E-state index in [-0.39, 0.29) is 24.1 Å². The maximum Gasteiger partial charge on any atom is 0.422 e. The first-order valence-corrected chi connectivity index (χ1v) is 9.43. The third kappa shape index (κ3) is 5.05. The maximum atomic E-state index is 12.4. The van der Waals surface area contributed by atoms with Crippen molar-refractivity contribution in [2.45, 2.75) is 39.4 Å². The van der Waals surface area contributed by atoms with Gasteiger partial charge in [0.2, 0.25) is 5.91 Å². The van der Waals surface area contributed by atoms with E-state index in [0.29, 0.717) is 29.0 Å². The van der Waals surface area contributed by atoms with Crippen LogP contribution < -0.4 is 10.1 Å². The molecule has 0 aliphatic rings. The lowest BCUT2D eigenvalue weighted by Crippen LogP contribution is -2.24. The molecule has 0 radical (unpaired) electrons. The smallest absolute Gasteiger partial charge is 0.422 e. The predicted molar refractivity (Wildman–Crippen MR) is 104 cm³/mol. The first-order chi connectivity index (χ1) is 14.2. The summed E-state index contributed by atoms with van der Waals surface area (Å²) in [5, 5.41) is 8.06. The summed E-state index contributed by atoms with van der Waals surface area (Å²) in [4.78, 5) is 20.5. The molecule has 3 aromatic heterocycles. The topological polar surface area (TPSA) is 81.9 Å². The quantitative estimate of drug-likeness (QED) is 0.633. The fourth-order valence-corrected chi connectivity index (χ4v) is 3.01. The van der Waals surface area contributed by atoms with Crippen LogP contribution in [-0.2, 0) is 11.2 Å². The van der Waals surface area contributed by atoms with Gasteiger partial charge in [0.15, 0.2) is 6.61 Å². The second-order valence-electron chi connectivity index (χ2n) is 6.88. The number of hydrogen-bond donors (Lipinski definition) is 1. The molecular weight excluding hydrogens is 399 g/mol. The Balaban J connectivity index is 1.83. The number of carbonyl (C=O) groups excluding carboxylic acids is 1. The van der Waals surface area contributed by atoms with Crippen molar-refractivity contribution in [1.82, 2.24) is 25.1 Å². The first kappa shape index (κ1) is 21.5. The largest absolute Gasteiger partial charge is 0.482 e. The van der Waals surface area contributed by atoms with Crippen LogP contribution in [0.5, 0.6) is 5.75 Å². The van der Waals surface area contributed by atoms with Gasteiger partial charge in [-0.1, -0.05) is 0 Å². The van der Waals surface area contributed by atoms with E-state index < -0.39 is 12.8 Å². The second kappa shape index (κ2) is 8.68. The van der Waals surface area contributed by atoms with Crippen molar-refractivity contribution in [1.29, 1.82) is 0 Å². The van der Waals surface area contributed by atoms with Gasteiger partial charge < -0.3 is 10.1 Å². The first-order valence-electron chi connectivity index (χ1n) is 9.43. The molecule has 1 N–H and O–H groups in total. The van der Waals surface area contributed by atoms with Gasteiger partial charge in [0.25, 0.3) is 0 Å². The Morgan fingerprint density at radius 1 is 1.33 bits per heavy atom. The van der Waals surface area contributed by atoms with E-state index in [1.807, 2.05) is 13.8 Å². The lowest BCUT2D eigenvalue weighted by molar-refractivity contribution is -0.153. The average Bonchev–Trinajstić information content (AvgIpc) is 3.11. The van der Waals surface area contributed by atoms with E-state index in [1.165, 1.54) is 6.20 Å². The third-order valence-electron chi connectivity index (χ3n) is 4.54. The number of alkyl halides is 3. The lowest BCUT2D eigenvalue weighted by atomic mass is 10.1. The number of nitrogens with one attached hydrogen (secondary N) is 1. The Labute approximate surface area is 171 Å². The molecule has 0 saturated carbocycles. The fourth-order valence-electron chi connectivity index (χ4n) is 3.01. The Hall–Kier alpha value is -3.17. The van der Waals surface area contributed by atoms with E-state index in [4.69, 9.17) is 4.74 Å². The Morgan fingerprint density at radius 3 is 2.77 bits per heavy atom. The number of nitrogens with zero attached hydrogens (tertiary/aromatic N) is 4. The zero-order valence-electron chi connectivity index (χ0n) is 16.8. The minimum atomic E-state index is -4.41. The molecule has 0 bridgehead atoms. The van der Waals surface area contributed by atoms with Crippen molar-refractivity contribution >= 4 is 16.8 Å². The van der Waals surface area contributed by atoms with Gasteiger partial charge in [0, 0.05) is 24.3 Å². The van der Waals surface area contributed by atoms with Crippen molar-refractivity contribution in [3.63, 3.8) is 0 Å². The summed E-state index contributed by atoms with van der Waals surface area (Å²) < 4.78 is 43.6. The van der Waals surface area contributed by atoms with Crippen molar-refractivity contribution in [2.75, 3.05) is 13.2 Å². The van der Waals surface area contributed by atoms with E-state index >= 15 is 0 Å². The molecule has 0 spiro atoms. The molecular formula is C20H22F3N5O2. The molecule has 0 saturated heterocycles. The standard InChI is InChI=1S/C20H22F3N5O2/c1-4-24-19(29)8-17-14-10-28(27-15(14)5-6-25-17)13(3)16-7-12(2)18(9-26-16)30-11-20(21,22)23/h5-7,9-10,13H,4,8,11H2,1-3H3,(H,24,29). The molecule has 160 valence electrons. The summed E-state index contributed by atoms with van der Waals surface area (Å²) in [6, 6.07) is 3.15. The highest BCUT2D eigenvalue weighted by molar-refractivity contribution is 5.86. The zero-order chi connectivity index (χ0) is 21.9. The highest BCUT2D eigenvalue weighted by Gasteiger charge is 2.28. The minimum absolute atomic E-state index is 0.0855. The second-order valence-corrected chi connectivity index (χ2v) is 6.88. The summed E-state index contributed by atoms with van der Waals surface area (Å²) >= 11 is 0. The fraction of sp³-hybridized carbons (Fsp3) is 0.400. The number of likely N-dealkylation sites (N-methyl/N-ethyl adjacent to an activating group) is 1. The van der Waals surface area contributed by atoms with Crippen LogP contribution >= 0.6 is 0 Å². The number of rotatable bonds is 7. The molecule has 0 aromatic carbocycles. The molecule has 1 atom stereocenters. The van der Waals surface area contributed by atoms with Crippen molar-refractivity contribution < 1.29 is 22.7 Å². The average molecular weight is 421 g/mol. The van der Waals surface area contributed by atoms with Gasteiger partial charge >= 0.3 is 6.18 Å². The number of halogens is 3. The van der Waals surface area contributed by atoms with Crippen molar-refractivity contribution in [2.24, 2.45) is 0 Å². The normalized spacial score (nSPS) is 12.7. The molecule has 0 aliphatic heterocycles. The van der Waals surface area contributed by atoms with Gasteiger partial charge in [0.1, 0.15) is 5.75 Å². The van der Waals surface area contributed by atoms with Crippen molar-refractivity contribution in [3.05, 3.63) is 47.7 Å². The van der Waals surface area contributed by atoms with Gasteiger partial charge in [-0.15, -0.1) is 0 Å². The summed E-state index contributed by atoms with van der Waals surface area (Å²) in [5.74, 6) is -0.0349. The van der Waals surface area contributed by atoms with Crippen LogP contribution in [0.3, 0.4) is 0 Å². The summed E-state index contributed by atoms with van der Waals surface area (Å²) in [6.45, 7) is 4.56. The number of aromatic nitrogens is 4. The van der Waals surface area contributed by atoms with Crippen LogP contribution in [-0.4, -0.2) is 45.0 Å². The molecule has 0 fully saturated rings. The van der Waals surface area contributed by atoms with E-state index in [2.05, 4.69) is 20.4 Å². The molecule has 0 aliphatic carbocycles. The highest BCUT2D eigenvalue weighted by atomic mass is 19.4. The van der Waals surface area contributed by atoms with Gasteiger partial charge in [-0.2, -0.15) is 18.3 Å². The van der Waals surface area contributed by atoms with Crippen LogP contribution in [0.25, 0.3) is 10.9 Å².